The van der Waals surface area contributed by atoms with Crippen molar-refractivity contribution in [3.63, 3.8) is 0 Å². The van der Waals surface area contributed by atoms with E-state index in [4.69, 9.17) is 11.6 Å². The molecule has 1 atom stereocenters. The molecule has 0 aliphatic carbocycles. The van der Waals surface area contributed by atoms with Gasteiger partial charge in [0.05, 0.1) is 4.92 Å². The minimum absolute atomic E-state index is 0.123. The Bertz CT molecular complexity index is 424. The maximum atomic E-state index is 11.0. The summed E-state index contributed by atoms with van der Waals surface area (Å²) in [4.78, 5) is 10.6. The monoisotopic (exact) mass is 284 g/mol. The number of nitrogens with one attached hydrogen (secondary N) is 1. The number of nitrogens with zero attached hydrogens (tertiary/aromatic N) is 1. The molecule has 1 rings (SSSR count). The van der Waals surface area contributed by atoms with Crippen LogP contribution in [0.25, 0.3) is 0 Å². The van der Waals surface area contributed by atoms with E-state index < -0.39 is 0 Å². The zero-order valence-corrected chi connectivity index (χ0v) is 12.2. The number of nitro benzene ring substituents is 1. The Hall–Kier alpha value is -1.13. The van der Waals surface area contributed by atoms with Crippen LogP contribution in [0.15, 0.2) is 18.2 Å². The van der Waals surface area contributed by atoms with Crippen molar-refractivity contribution >= 4 is 17.3 Å². The van der Waals surface area contributed by atoms with Crippen LogP contribution < -0.4 is 5.32 Å². The van der Waals surface area contributed by atoms with Gasteiger partial charge in [-0.3, -0.25) is 10.1 Å². The van der Waals surface area contributed by atoms with Gasteiger partial charge in [0.1, 0.15) is 0 Å². The molecule has 0 radical (unpaired) electrons. The lowest BCUT2D eigenvalue weighted by Gasteiger charge is -2.16. The van der Waals surface area contributed by atoms with Crippen LogP contribution in [0.3, 0.4) is 0 Å². The summed E-state index contributed by atoms with van der Waals surface area (Å²) in [6.45, 7) is 5.24. The topological polar surface area (TPSA) is 55.2 Å². The second-order valence-electron chi connectivity index (χ2n) is 4.63. The number of aryl methyl sites for hydroxylation is 1. The van der Waals surface area contributed by atoms with E-state index in [9.17, 15) is 10.1 Å². The molecule has 0 aromatic heterocycles. The molecule has 0 spiro atoms. The highest BCUT2D eigenvalue weighted by molar-refractivity contribution is 6.30. The average Bonchev–Trinajstić information content (AvgIpc) is 2.40. The molecule has 0 saturated carbocycles. The first kappa shape index (κ1) is 15.9. The first-order chi connectivity index (χ1) is 9.08. The molecule has 0 amide bonds. The molecular formula is C14H21ClN2O2. The second-order valence-corrected chi connectivity index (χ2v) is 5.06. The summed E-state index contributed by atoms with van der Waals surface area (Å²) in [7, 11) is 0. The molecule has 4 nitrogen and oxygen atoms in total. The lowest BCUT2D eigenvalue weighted by Crippen LogP contribution is -2.29. The standard InChI is InChI=1S/C14H21ClN2O2/c1-3-9-16-13(4-2)8-6-11-5-7-12(15)10-14(11)17(18)19/h5,7,10,13,16H,3-4,6,8-9H2,1-2H3. The number of halogens is 1. The number of rotatable bonds is 8. The first-order valence-electron chi connectivity index (χ1n) is 6.74. The Morgan fingerprint density at radius 1 is 1.42 bits per heavy atom. The van der Waals surface area contributed by atoms with Gasteiger partial charge >= 0.3 is 0 Å². The molecule has 1 aromatic carbocycles. The molecule has 5 heteroatoms. The fourth-order valence-corrected chi connectivity index (χ4v) is 2.21. The molecule has 106 valence electrons. The van der Waals surface area contributed by atoms with Gasteiger partial charge in [0.2, 0.25) is 0 Å². The van der Waals surface area contributed by atoms with E-state index in [0.29, 0.717) is 17.5 Å². The van der Waals surface area contributed by atoms with E-state index in [-0.39, 0.29) is 10.6 Å². The lowest BCUT2D eigenvalue weighted by molar-refractivity contribution is -0.385. The molecule has 1 aromatic rings. The molecule has 0 fully saturated rings. The summed E-state index contributed by atoms with van der Waals surface area (Å²) >= 11 is 5.80. The predicted molar refractivity (Wildman–Crippen MR) is 78.8 cm³/mol. The molecule has 0 aliphatic rings. The highest BCUT2D eigenvalue weighted by Crippen LogP contribution is 2.24. The van der Waals surface area contributed by atoms with Crippen LogP contribution in [-0.2, 0) is 6.42 Å². The maximum absolute atomic E-state index is 11.0. The summed E-state index contributed by atoms with van der Waals surface area (Å²) in [6.07, 6.45) is 3.72. The smallest absolute Gasteiger partial charge is 0.274 e. The predicted octanol–water partition coefficient (Wildman–Crippen LogP) is 3.96. The van der Waals surface area contributed by atoms with Gasteiger partial charge in [0, 0.05) is 22.7 Å². The van der Waals surface area contributed by atoms with Crippen molar-refractivity contribution in [3.8, 4) is 0 Å². The molecule has 0 heterocycles. The Morgan fingerprint density at radius 2 is 2.16 bits per heavy atom. The maximum Gasteiger partial charge on any atom is 0.274 e. The van der Waals surface area contributed by atoms with Crippen LogP contribution in [0.4, 0.5) is 5.69 Å². The van der Waals surface area contributed by atoms with E-state index in [1.807, 2.05) is 0 Å². The lowest BCUT2D eigenvalue weighted by atomic mass is 10.0. The van der Waals surface area contributed by atoms with Gasteiger partial charge in [-0.15, -0.1) is 0 Å². The number of hydrogen-bond donors (Lipinski definition) is 1. The van der Waals surface area contributed by atoms with E-state index in [1.165, 1.54) is 6.07 Å². The second kappa shape index (κ2) is 8.12. The molecular weight excluding hydrogens is 264 g/mol. The van der Waals surface area contributed by atoms with Crippen molar-refractivity contribution in [1.29, 1.82) is 0 Å². The van der Waals surface area contributed by atoms with Crippen molar-refractivity contribution in [2.75, 3.05) is 6.54 Å². The van der Waals surface area contributed by atoms with Crippen LogP contribution >= 0.6 is 11.6 Å². The number of benzene rings is 1. The van der Waals surface area contributed by atoms with Crippen LogP contribution in [0.5, 0.6) is 0 Å². The Morgan fingerprint density at radius 3 is 2.74 bits per heavy atom. The SMILES string of the molecule is CCCNC(CC)CCc1ccc(Cl)cc1[N+](=O)[O-]. The summed E-state index contributed by atoms with van der Waals surface area (Å²) < 4.78 is 0. The van der Waals surface area contributed by atoms with Crippen molar-refractivity contribution in [3.05, 3.63) is 38.9 Å². The van der Waals surface area contributed by atoms with Gasteiger partial charge in [-0.25, -0.2) is 0 Å². The minimum atomic E-state index is -0.359. The molecule has 0 saturated heterocycles. The Labute approximate surface area is 119 Å². The fourth-order valence-electron chi connectivity index (χ4n) is 2.05. The third-order valence-corrected chi connectivity index (χ3v) is 3.42. The summed E-state index contributed by atoms with van der Waals surface area (Å²) in [5, 5.41) is 14.9. The van der Waals surface area contributed by atoms with Crippen molar-refractivity contribution in [1.82, 2.24) is 5.32 Å². The highest BCUT2D eigenvalue weighted by atomic mass is 35.5. The van der Waals surface area contributed by atoms with Crippen molar-refractivity contribution < 1.29 is 4.92 Å². The third-order valence-electron chi connectivity index (χ3n) is 3.18. The van der Waals surface area contributed by atoms with Crippen LogP contribution in [0.2, 0.25) is 5.02 Å². The van der Waals surface area contributed by atoms with E-state index >= 15 is 0 Å². The normalized spacial score (nSPS) is 12.4. The number of nitro groups is 1. The van der Waals surface area contributed by atoms with Gasteiger partial charge in [0.25, 0.3) is 5.69 Å². The average molecular weight is 285 g/mol. The van der Waals surface area contributed by atoms with Gasteiger partial charge in [-0.2, -0.15) is 0 Å². The molecule has 1 N–H and O–H groups in total. The largest absolute Gasteiger partial charge is 0.314 e. The first-order valence-corrected chi connectivity index (χ1v) is 7.12. The molecule has 1 unspecified atom stereocenters. The van der Waals surface area contributed by atoms with Crippen molar-refractivity contribution in [2.45, 2.75) is 45.6 Å². The fraction of sp³-hybridized carbons (Fsp3) is 0.571. The quantitative estimate of drug-likeness (QED) is 0.581. The Kier molecular flexibility index (Phi) is 6.81. The third kappa shape index (κ3) is 5.17. The zero-order chi connectivity index (χ0) is 14.3. The van der Waals surface area contributed by atoms with E-state index in [0.717, 1.165) is 31.4 Å². The highest BCUT2D eigenvalue weighted by Gasteiger charge is 2.15. The van der Waals surface area contributed by atoms with Crippen LogP contribution in [0, 0.1) is 10.1 Å². The van der Waals surface area contributed by atoms with E-state index in [1.54, 1.807) is 12.1 Å². The van der Waals surface area contributed by atoms with E-state index in [2.05, 4.69) is 19.2 Å². The summed E-state index contributed by atoms with van der Waals surface area (Å²) in [5.41, 5.74) is 0.879. The van der Waals surface area contributed by atoms with Crippen LogP contribution in [-0.4, -0.2) is 17.5 Å². The molecule has 0 aliphatic heterocycles. The van der Waals surface area contributed by atoms with Crippen molar-refractivity contribution in [2.24, 2.45) is 0 Å². The zero-order valence-electron chi connectivity index (χ0n) is 11.5. The summed E-state index contributed by atoms with van der Waals surface area (Å²) in [5.74, 6) is 0. The van der Waals surface area contributed by atoms with Gasteiger partial charge in [-0.1, -0.05) is 31.5 Å². The summed E-state index contributed by atoms with van der Waals surface area (Å²) in [6, 6.07) is 5.31. The number of hydrogen-bond acceptors (Lipinski definition) is 3. The molecule has 0 bridgehead atoms. The minimum Gasteiger partial charge on any atom is -0.314 e. The van der Waals surface area contributed by atoms with Gasteiger partial charge < -0.3 is 5.32 Å². The Balaban J connectivity index is 2.68. The van der Waals surface area contributed by atoms with Gasteiger partial charge in [0.15, 0.2) is 0 Å². The van der Waals surface area contributed by atoms with Crippen LogP contribution in [0.1, 0.15) is 38.7 Å². The van der Waals surface area contributed by atoms with Gasteiger partial charge in [-0.05, 0) is 38.3 Å². The molecule has 19 heavy (non-hydrogen) atoms.